The molecule has 0 aliphatic heterocycles. The van der Waals surface area contributed by atoms with Gasteiger partial charge in [-0.05, 0) is 37.3 Å². The molecule has 1 atom stereocenters. The van der Waals surface area contributed by atoms with E-state index in [1.165, 1.54) is 12.1 Å². The zero-order chi connectivity index (χ0) is 15.7. The summed E-state index contributed by atoms with van der Waals surface area (Å²) in [4.78, 5) is 19.8. The van der Waals surface area contributed by atoms with Crippen LogP contribution in [-0.4, -0.2) is 15.9 Å². The maximum atomic E-state index is 13.7. The smallest absolute Gasteiger partial charge is 0.254 e. The highest BCUT2D eigenvalue weighted by Crippen LogP contribution is 2.18. The van der Waals surface area contributed by atoms with Gasteiger partial charge in [-0.15, -0.1) is 0 Å². The third-order valence-corrected chi connectivity index (χ3v) is 3.83. The lowest BCUT2D eigenvalue weighted by atomic mass is 10.2. The largest absolute Gasteiger partial charge is 0.342 e. The van der Waals surface area contributed by atoms with E-state index < -0.39 is 11.7 Å². The van der Waals surface area contributed by atoms with Crippen LogP contribution in [0.1, 0.15) is 29.1 Å². The van der Waals surface area contributed by atoms with E-state index >= 15 is 0 Å². The molecule has 4 nitrogen and oxygen atoms in total. The normalized spacial score (nSPS) is 12.3. The lowest BCUT2D eigenvalue weighted by molar-refractivity contribution is 0.0934. The van der Waals surface area contributed by atoms with Crippen molar-refractivity contribution in [2.75, 3.05) is 0 Å². The highest BCUT2D eigenvalue weighted by Gasteiger charge is 2.17. The van der Waals surface area contributed by atoms with Crippen LogP contribution in [0, 0.1) is 5.82 Å². The zero-order valence-electron chi connectivity index (χ0n) is 11.7. The van der Waals surface area contributed by atoms with E-state index in [2.05, 4.69) is 31.2 Å². The predicted octanol–water partition coefficient (Wildman–Crippen LogP) is 3.96. The second kappa shape index (κ2) is 5.88. The number of para-hydroxylation sites is 2. The molecule has 1 aromatic heterocycles. The average Bonchev–Trinajstić information content (AvgIpc) is 2.93. The summed E-state index contributed by atoms with van der Waals surface area (Å²) in [6, 6.07) is 11.5. The minimum atomic E-state index is -0.558. The molecule has 0 aliphatic rings. The van der Waals surface area contributed by atoms with Crippen molar-refractivity contribution in [2.24, 2.45) is 0 Å². The van der Waals surface area contributed by atoms with Gasteiger partial charge in [0.1, 0.15) is 11.6 Å². The molecule has 3 aromatic rings. The van der Waals surface area contributed by atoms with Crippen LogP contribution in [-0.2, 0) is 0 Å². The Balaban J connectivity index is 1.82. The number of nitrogens with one attached hydrogen (secondary N) is 2. The van der Waals surface area contributed by atoms with Crippen molar-refractivity contribution in [2.45, 2.75) is 13.0 Å². The lowest BCUT2D eigenvalue weighted by Crippen LogP contribution is -2.28. The minimum Gasteiger partial charge on any atom is -0.342 e. The molecule has 22 heavy (non-hydrogen) atoms. The molecule has 0 radical (unpaired) electrons. The van der Waals surface area contributed by atoms with Crippen molar-refractivity contribution in [1.82, 2.24) is 15.3 Å². The summed E-state index contributed by atoms with van der Waals surface area (Å²) in [6.07, 6.45) is 0. The number of hydrogen-bond donors (Lipinski definition) is 2. The maximum absolute atomic E-state index is 13.7. The number of fused-ring (bicyclic) bond motifs is 1. The first-order chi connectivity index (χ1) is 10.5. The Morgan fingerprint density at radius 1 is 1.32 bits per heavy atom. The SMILES string of the molecule is C[C@H](NC(=O)c1cc(Br)ccc1F)c1nc2ccccc2[nH]1. The van der Waals surface area contributed by atoms with Crippen LogP contribution in [0.25, 0.3) is 11.0 Å². The number of benzene rings is 2. The maximum Gasteiger partial charge on any atom is 0.254 e. The second-order valence-corrected chi connectivity index (χ2v) is 5.87. The molecule has 0 saturated heterocycles. The topological polar surface area (TPSA) is 57.8 Å². The van der Waals surface area contributed by atoms with E-state index in [0.29, 0.717) is 10.3 Å². The van der Waals surface area contributed by atoms with Crippen molar-refractivity contribution < 1.29 is 9.18 Å². The summed E-state index contributed by atoms with van der Waals surface area (Å²) in [7, 11) is 0. The van der Waals surface area contributed by atoms with E-state index in [1.807, 2.05) is 24.3 Å². The number of hydrogen-bond acceptors (Lipinski definition) is 2. The van der Waals surface area contributed by atoms with Crippen molar-refractivity contribution in [3.8, 4) is 0 Å². The number of H-pyrrole nitrogens is 1. The first kappa shape index (κ1) is 14.7. The van der Waals surface area contributed by atoms with Gasteiger partial charge < -0.3 is 10.3 Å². The van der Waals surface area contributed by atoms with Crippen LogP contribution in [0.15, 0.2) is 46.9 Å². The van der Waals surface area contributed by atoms with Gasteiger partial charge in [-0.3, -0.25) is 4.79 Å². The highest BCUT2D eigenvalue weighted by atomic mass is 79.9. The standard InChI is InChI=1S/C16H13BrFN3O/c1-9(15-20-13-4-2-3-5-14(13)21-15)19-16(22)11-8-10(17)6-7-12(11)18/h2-9H,1H3,(H,19,22)(H,20,21)/t9-/m0/s1. The molecule has 2 aromatic carbocycles. The number of imidazole rings is 1. The van der Waals surface area contributed by atoms with Gasteiger partial charge in [0.2, 0.25) is 0 Å². The number of halogens is 2. The fourth-order valence-corrected chi connectivity index (χ4v) is 2.55. The lowest BCUT2D eigenvalue weighted by Gasteiger charge is -2.12. The fraction of sp³-hybridized carbons (Fsp3) is 0.125. The first-order valence-electron chi connectivity index (χ1n) is 6.75. The molecule has 1 amide bonds. The minimum absolute atomic E-state index is 0.00247. The summed E-state index contributed by atoms with van der Waals surface area (Å²) in [5.74, 6) is -0.408. The molecule has 6 heteroatoms. The van der Waals surface area contributed by atoms with Crippen molar-refractivity contribution in [1.29, 1.82) is 0 Å². The third kappa shape index (κ3) is 2.87. The van der Waals surface area contributed by atoms with Gasteiger partial charge in [-0.1, -0.05) is 28.1 Å². The molecular weight excluding hydrogens is 349 g/mol. The molecule has 0 bridgehead atoms. The van der Waals surface area contributed by atoms with E-state index in [1.54, 1.807) is 13.0 Å². The number of aromatic amines is 1. The van der Waals surface area contributed by atoms with Crippen LogP contribution >= 0.6 is 15.9 Å². The molecule has 0 aliphatic carbocycles. The Morgan fingerprint density at radius 2 is 2.09 bits per heavy atom. The summed E-state index contributed by atoms with van der Waals surface area (Å²) >= 11 is 3.23. The molecule has 112 valence electrons. The van der Waals surface area contributed by atoms with Crippen molar-refractivity contribution in [3.63, 3.8) is 0 Å². The molecular formula is C16H13BrFN3O. The van der Waals surface area contributed by atoms with Gasteiger partial charge in [-0.2, -0.15) is 0 Å². The first-order valence-corrected chi connectivity index (χ1v) is 7.54. The molecule has 1 heterocycles. The Hall–Kier alpha value is -2.21. The van der Waals surface area contributed by atoms with Crippen LogP contribution in [0.4, 0.5) is 4.39 Å². The molecule has 2 N–H and O–H groups in total. The zero-order valence-corrected chi connectivity index (χ0v) is 13.3. The number of carbonyl (C=O) groups is 1. The van der Waals surface area contributed by atoms with Gasteiger partial charge in [0, 0.05) is 4.47 Å². The molecule has 0 spiro atoms. The quantitative estimate of drug-likeness (QED) is 0.741. The fourth-order valence-electron chi connectivity index (χ4n) is 2.19. The Morgan fingerprint density at radius 3 is 2.86 bits per heavy atom. The number of carbonyl (C=O) groups excluding carboxylic acids is 1. The Kier molecular flexibility index (Phi) is 3.94. The summed E-state index contributed by atoms with van der Waals surface area (Å²) in [6.45, 7) is 1.80. The van der Waals surface area contributed by atoms with Gasteiger partial charge >= 0.3 is 0 Å². The number of aromatic nitrogens is 2. The number of rotatable bonds is 3. The highest BCUT2D eigenvalue weighted by molar-refractivity contribution is 9.10. The van der Waals surface area contributed by atoms with Gasteiger partial charge in [0.15, 0.2) is 0 Å². The molecule has 0 unspecified atom stereocenters. The van der Waals surface area contributed by atoms with Crippen LogP contribution in [0.2, 0.25) is 0 Å². The predicted molar refractivity (Wildman–Crippen MR) is 86.1 cm³/mol. The van der Waals surface area contributed by atoms with E-state index in [9.17, 15) is 9.18 Å². The van der Waals surface area contributed by atoms with Gasteiger partial charge in [-0.25, -0.2) is 9.37 Å². The van der Waals surface area contributed by atoms with Crippen LogP contribution in [0.3, 0.4) is 0 Å². The summed E-state index contributed by atoms with van der Waals surface area (Å²) in [5.41, 5.74) is 1.72. The summed E-state index contributed by atoms with van der Waals surface area (Å²) < 4.78 is 14.4. The van der Waals surface area contributed by atoms with Crippen molar-refractivity contribution >= 4 is 32.9 Å². The van der Waals surface area contributed by atoms with Gasteiger partial charge in [0.05, 0.1) is 22.6 Å². The Bertz CT molecular complexity index is 813. The second-order valence-electron chi connectivity index (χ2n) is 4.96. The van der Waals surface area contributed by atoms with Crippen molar-refractivity contribution in [3.05, 3.63) is 64.1 Å². The van der Waals surface area contributed by atoms with Crippen LogP contribution in [0.5, 0.6) is 0 Å². The number of amides is 1. The molecule has 0 fully saturated rings. The average molecular weight is 362 g/mol. The Labute approximate surface area is 134 Å². The number of nitrogens with zero attached hydrogens (tertiary/aromatic N) is 1. The van der Waals surface area contributed by atoms with E-state index in [4.69, 9.17) is 0 Å². The van der Waals surface area contributed by atoms with Gasteiger partial charge in [0.25, 0.3) is 5.91 Å². The molecule has 0 saturated carbocycles. The van der Waals surface area contributed by atoms with E-state index in [-0.39, 0.29) is 11.6 Å². The van der Waals surface area contributed by atoms with Crippen LogP contribution < -0.4 is 5.32 Å². The molecule has 3 rings (SSSR count). The summed E-state index contributed by atoms with van der Waals surface area (Å²) in [5, 5.41) is 2.75. The van der Waals surface area contributed by atoms with E-state index in [0.717, 1.165) is 11.0 Å². The third-order valence-electron chi connectivity index (χ3n) is 3.34. The monoisotopic (exact) mass is 361 g/mol.